The maximum Gasteiger partial charge on any atom is 0.0951 e. The van der Waals surface area contributed by atoms with Gasteiger partial charge >= 0.3 is 0 Å². The molecule has 1 N–H and O–H groups in total. The van der Waals surface area contributed by atoms with E-state index in [9.17, 15) is 0 Å². The molecule has 0 aromatic carbocycles. The predicted octanol–water partition coefficient (Wildman–Crippen LogP) is 1.57. The predicted molar refractivity (Wildman–Crippen MR) is 59.8 cm³/mol. The average molecular weight is 205 g/mol. The maximum atomic E-state index is 4.32. The van der Waals surface area contributed by atoms with Gasteiger partial charge in [0.15, 0.2) is 0 Å². The molecule has 3 heteroatoms. The van der Waals surface area contributed by atoms with Gasteiger partial charge in [-0.25, -0.2) is 4.98 Å². The molecule has 1 aliphatic carbocycles. The monoisotopic (exact) mass is 205 g/mol. The smallest absolute Gasteiger partial charge is 0.0951 e. The van der Waals surface area contributed by atoms with Crippen molar-refractivity contribution in [2.45, 2.75) is 32.2 Å². The summed E-state index contributed by atoms with van der Waals surface area (Å²) in [6, 6.07) is 0.725. The van der Waals surface area contributed by atoms with Crippen molar-refractivity contribution in [1.82, 2.24) is 14.9 Å². The summed E-state index contributed by atoms with van der Waals surface area (Å²) in [5.41, 5.74) is 1.59. The maximum absolute atomic E-state index is 4.32. The molecule has 1 saturated carbocycles. The van der Waals surface area contributed by atoms with Gasteiger partial charge in [-0.2, -0.15) is 0 Å². The first-order valence-corrected chi connectivity index (χ1v) is 5.82. The van der Waals surface area contributed by atoms with Crippen molar-refractivity contribution in [3.8, 4) is 0 Å². The van der Waals surface area contributed by atoms with Crippen molar-refractivity contribution < 1.29 is 0 Å². The summed E-state index contributed by atoms with van der Waals surface area (Å²) >= 11 is 0. The number of piperidine rings is 1. The van der Waals surface area contributed by atoms with Crippen LogP contribution in [0.3, 0.4) is 0 Å². The molecule has 2 heterocycles. The number of rotatable bonds is 1. The Bertz CT molecular complexity index is 364. The number of nitrogens with one attached hydrogen (secondary N) is 1. The van der Waals surface area contributed by atoms with Crippen LogP contribution >= 0.6 is 0 Å². The molecular weight excluding hydrogens is 186 g/mol. The van der Waals surface area contributed by atoms with Crippen molar-refractivity contribution in [2.75, 3.05) is 13.1 Å². The number of nitrogens with zero attached hydrogens (tertiary/aromatic N) is 2. The number of imidazole rings is 1. The normalized spacial score (nSPS) is 34.2. The van der Waals surface area contributed by atoms with E-state index >= 15 is 0 Å². The van der Waals surface area contributed by atoms with Crippen LogP contribution in [0.2, 0.25) is 0 Å². The van der Waals surface area contributed by atoms with Gasteiger partial charge in [0.05, 0.1) is 6.33 Å². The Kier molecular flexibility index (Phi) is 1.78. The quantitative estimate of drug-likeness (QED) is 0.754. The van der Waals surface area contributed by atoms with Crippen molar-refractivity contribution >= 4 is 0 Å². The molecule has 1 saturated heterocycles. The SMILES string of the molecule is CC(C)(C)c1cncn1C1C2CNCC21. The fourth-order valence-corrected chi connectivity index (χ4v) is 2.92. The lowest BCUT2D eigenvalue weighted by Crippen LogP contribution is -2.21. The van der Waals surface area contributed by atoms with Gasteiger partial charge in [-0.3, -0.25) is 0 Å². The van der Waals surface area contributed by atoms with Crippen LogP contribution < -0.4 is 5.32 Å². The van der Waals surface area contributed by atoms with Gasteiger partial charge in [-0.1, -0.05) is 20.8 Å². The first-order valence-electron chi connectivity index (χ1n) is 5.82. The summed E-state index contributed by atoms with van der Waals surface area (Å²) in [6.45, 7) is 9.17. The molecule has 2 unspecified atom stereocenters. The molecule has 2 aliphatic rings. The highest BCUT2D eigenvalue weighted by Gasteiger charge is 2.54. The average Bonchev–Trinajstić information content (AvgIpc) is 2.60. The van der Waals surface area contributed by atoms with Crippen LogP contribution in [0.15, 0.2) is 12.5 Å². The molecule has 82 valence electrons. The molecule has 2 fully saturated rings. The standard InChI is InChI=1S/C12H19N3/c1-12(2,3)10-6-14-7-15(10)11-8-4-13-5-9(8)11/h6-9,11,13H,4-5H2,1-3H3. The minimum Gasteiger partial charge on any atom is -0.330 e. The highest BCUT2D eigenvalue weighted by Crippen LogP contribution is 2.53. The Morgan fingerprint density at radius 3 is 2.60 bits per heavy atom. The van der Waals surface area contributed by atoms with Crippen molar-refractivity contribution in [3.63, 3.8) is 0 Å². The van der Waals surface area contributed by atoms with Gasteiger partial charge in [0.2, 0.25) is 0 Å². The Balaban J connectivity index is 1.91. The minimum absolute atomic E-state index is 0.209. The summed E-state index contributed by atoms with van der Waals surface area (Å²) in [5, 5.41) is 3.44. The Morgan fingerprint density at radius 1 is 1.33 bits per heavy atom. The molecule has 1 aliphatic heterocycles. The molecule has 15 heavy (non-hydrogen) atoms. The van der Waals surface area contributed by atoms with E-state index in [0.717, 1.165) is 17.9 Å². The van der Waals surface area contributed by atoms with E-state index < -0.39 is 0 Å². The molecule has 0 spiro atoms. The summed E-state index contributed by atoms with van der Waals surface area (Å²) in [5.74, 6) is 1.72. The third-order valence-electron chi connectivity index (χ3n) is 3.80. The molecule has 2 atom stereocenters. The molecule has 3 rings (SSSR count). The van der Waals surface area contributed by atoms with Crippen molar-refractivity contribution in [3.05, 3.63) is 18.2 Å². The zero-order valence-electron chi connectivity index (χ0n) is 9.70. The molecule has 1 aromatic rings. The van der Waals surface area contributed by atoms with Gasteiger partial charge in [0.25, 0.3) is 0 Å². The third-order valence-corrected chi connectivity index (χ3v) is 3.80. The summed E-state index contributed by atoms with van der Waals surface area (Å²) in [4.78, 5) is 4.32. The van der Waals surface area contributed by atoms with Gasteiger partial charge in [-0.15, -0.1) is 0 Å². The molecule has 3 nitrogen and oxygen atoms in total. The lowest BCUT2D eigenvalue weighted by atomic mass is 9.92. The van der Waals surface area contributed by atoms with Crippen LogP contribution in [0, 0.1) is 11.8 Å². The second kappa shape index (κ2) is 2.85. The van der Waals surface area contributed by atoms with Gasteiger partial charge < -0.3 is 9.88 Å². The molecule has 0 radical (unpaired) electrons. The Labute approximate surface area is 90.9 Å². The topological polar surface area (TPSA) is 29.9 Å². The summed E-state index contributed by atoms with van der Waals surface area (Å²) < 4.78 is 2.41. The second-order valence-corrected chi connectivity index (χ2v) is 5.91. The largest absolute Gasteiger partial charge is 0.330 e. The van der Waals surface area contributed by atoms with E-state index in [-0.39, 0.29) is 5.41 Å². The van der Waals surface area contributed by atoms with Crippen molar-refractivity contribution in [1.29, 1.82) is 0 Å². The number of aromatic nitrogens is 2. The van der Waals surface area contributed by atoms with E-state index in [2.05, 4.69) is 35.6 Å². The third kappa shape index (κ3) is 1.33. The molecule has 0 amide bonds. The second-order valence-electron chi connectivity index (χ2n) is 5.91. The van der Waals surface area contributed by atoms with Crippen molar-refractivity contribution in [2.24, 2.45) is 11.8 Å². The van der Waals surface area contributed by atoms with Gasteiger partial charge in [-0.05, 0) is 11.8 Å². The van der Waals surface area contributed by atoms with E-state index in [1.165, 1.54) is 18.8 Å². The lowest BCUT2D eigenvalue weighted by molar-refractivity contribution is 0.485. The highest BCUT2D eigenvalue weighted by molar-refractivity contribution is 5.18. The van der Waals surface area contributed by atoms with E-state index in [4.69, 9.17) is 0 Å². The van der Waals surface area contributed by atoms with E-state index in [0.29, 0.717) is 0 Å². The molecule has 1 aromatic heterocycles. The van der Waals surface area contributed by atoms with Crippen LogP contribution in [-0.4, -0.2) is 22.6 Å². The van der Waals surface area contributed by atoms with Gasteiger partial charge in [0, 0.05) is 36.4 Å². The van der Waals surface area contributed by atoms with E-state index in [1.54, 1.807) is 0 Å². The van der Waals surface area contributed by atoms with Crippen LogP contribution in [0.25, 0.3) is 0 Å². The lowest BCUT2D eigenvalue weighted by Gasteiger charge is -2.21. The Morgan fingerprint density at radius 2 is 2.00 bits per heavy atom. The van der Waals surface area contributed by atoms with Gasteiger partial charge in [0.1, 0.15) is 0 Å². The van der Waals surface area contributed by atoms with Crippen LogP contribution in [0.5, 0.6) is 0 Å². The number of fused-ring (bicyclic) bond motifs is 1. The number of hydrogen-bond acceptors (Lipinski definition) is 2. The Hall–Kier alpha value is -0.830. The zero-order valence-corrected chi connectivity index (χ0v) is 9.70. The van der Waals surface area contributed by atoms with Crippen LogP contribution in [-0.2, 0) is 5.41 Å². The minimum atomic E-state index is 0.209. The zero-order chi connectivity index (χ0) is 10.6. The molecule has 0 bridgehead atoms. The summed E-state index contributed by atoms with van der Waals surface area (Å²) in [6.07, 6.45) is 4.05. The fraction of sp³-hybridized carbons (Fsp3) is 0.750. The molecular formula is C12H19N3. The number of hydrogen-bond donors (Lipinski definition) is 1. The first-order chi connectivity index (χ1) is 7.09. The van der Waals surface area contributed by atoms with Crippen LogP contribution in [0.1, 0.15) is 32.5 Å². The van der Waals surface area contributed by atoms with Crippen LogP contribution in [0.4, 0.5) is 0 Å². The first kappa shape index (κ1) is 9.40. The van der Waals surface area contributed by atoms with E-state index in [1.807, 2.05) is 12.5 Å². The fourth-order valence-electron chi connectivity index (χ4n) is 2.92. The highest BCUT2D eigenvalue weighted by atomic mass is 15.2. The summed E-state index contributed by atoms with van der Waals surface area (Å²) in [7, 11) is 0.